The van der Waals surface area contributed by atoms with Gasteiger partial charge < -0.3 is 4.98 Å². The molecule has 0 amide bonds. The smallest absolute Gasteiger partial charge is 0.197 e. The van der Waals surface area contributed by atoms with Crippen LogP contribution in [0.25, 0.3) is 22.5 Å². The maximum absolute atomic E-state index is 6.24. The van der Waals surface area contributed by atoms with Crippen molar-refractivity contribution < 1.29 is 0 Å². The first-order valence-electron chi connectivity index (χ1n) is 6.16. The van der Waals surface area contributed by atoms with Gasteiger partial charge in [0.15, 0.2) is 4.77 Å². The lowest BCUT2D eigenvalue weighted by Gasteiger charge is -2.07. The van der Waals surface area contributed by atoms with E-state index in [2.05, 4.69) is 9.97 Å². The van der Waals surface area contributed by atoms with Crippen molar-refractivity contribution >= 4 is 23.8 Å². The highest BCUT2D eigenvalue weighted by atomic mass is 35.5. The minimum Gasteiger partial charge on any atom is -0.330 e. The molecule has 0 aliphatic heterocycles. The number of nitrogens with zero attached hydrogens (tertiary/aromatic N) is 1. The number of halogens is 1. The summed E-state index contributed by atoms with van der Waals surface area (Å²) in [6.07, 6.45) is 0. The SMILES string of the molecule is S=c1nc(-c2ccccc2)cc(-c2ccccc2Cl)[nH]1. The Morgan fingerprint density at radius 3 is 2.40 bits per heavy atom. The highest BCUT2D eigenvalue weighted by Gasteiger charge is 2.06. The Bertz CT molecular complexity index is 797. The van der Waals surface area contributed by atoms with Gasteiger partial charge in [0.2, 0.25) is 0 Å². The molecule has 0 radical (unpaired) electrons. The summed E-state index contributed by atoms with van der Waals surface area (Å²) in [5.41, 5.74) is 3.65. The predicted octanol–water partition coefficient (Wildman–Crippen LogP) is 5.13. The summed E-state index contributed by atoms with van der Waals surface area (Å²) in [7, 11) is 0. The summed E-state index contributed by atoms with van der Waals surface area (Å²) in [6.45, 7) is 0. The normalized spacial score (nSPS) is 10.4. The molecule has 3 rings (SSSR count). The molecule has 1 aromatic heterocycles. The molecule has 0 aliphatic carbocycles. The van der Waals surface area contributed by atoms with Crippen molar-refractivity contribution in [3.8, 4) is 22.5 Å². The first kappa shape index (κ1) is 13.0. The molecule has 1 heterocycles. The maximum atomic E-state index is 6.24. The van der Waals surface area contributed by atoms with Crippen LogP contribution in [0.2, 0.25) is 5.02 Å². The summed E-state index contributed by atoms with van der Waals surface area (Å²) < 4.78 is 0.446. The molecule has 0 spiro atoms. The van der Waals surface area contributed by atoms with Crippen LogP contribution < -0.4 is 0 Å². The van der Waals surface area contributed by atoms with Gasteiger partial charge in [-0.15, -0.1) is 0 Å². The molecule has 0 saturated heterocycles. The van der Waals surface area contributed by atoms with E-state index >= 15 is 0 Å². The average molecular weight is 299 g/mol. The van der Waals surface area contributed by atoms with Crippen molar-refractivity contribution in [2.75, 3.05) is 0 Å². The van der Waals surface area contributed by atoms with Crippen molar-refractivity contribution in [1.29, 1.82) is 0 Å². The van der Waals surface area contributed by atoms with Gasteiger partial charge in [0.1, 0.15) is 0 Å². The Balaban J connectivity index is 2.18. The number of nitrogens with one attached hydrogen (secondary N) is 1. The van der Waals surface area contributed by atoms with E-state index in [1.54, 1.807) is 0 Å². The number of aromatic amines is 1. The Kier molecular flexibility index (Phi) is 3.63. The monoisotopic (exact) mass is 298 g/mol. The summed E-state index contributed by atoms with van der Waals surface area (Å²) in [6, 6.07) is 19.6. The zero-order valence-electron chi connectivity index (χ0n) is 10.5. The van der Waals surface area contributed by atoms with Crippen molar-refractivity contribution in [2.45, 2.75) is 0 Å². The molecule has 0 saturated carbocycles. The zero-order valence-corrected chi connectivity index (χ0v) is 12.1. The molecule has 1 N–H and O–H groups in total. The highest BCUT2D eigenvalue weighted by molar-refractivity contribution is 7.71. The second-order valence-electron chi connectivity index (χ2n) is 4.33. The summed E-state index contributed by atoms with van der Waals surface area (Å²) in [5.74, 6) is 0. The Morgan fingerprint density at radius 2 is 1.65 bits per heavy atom. The predicted molar refractivity (Wildman–Crippen MR) is 85.3 cm³/mol. The first-order chi connectivity index (χ1) is 9.74. The third kappa shape index (κ3) is 2.64. The lowest BCUT2D eigenvalue weighted by atomic mass is 10.1. The van der Waals surface area contributed by atoms with Gasteiger partial charge in [-0.25, -0.2) is 4.98 Å². The Morgan fingerprint density at radius 1 is 0.950 bits per heavy atom. The molecule has 0 aliphatic rings. The van der Waals surface area contributed by atoms with E-state index in [4.69, 9.17) is 23.8 Å². The molecule has 98 valence electrons. The summed E-state index contributed by atoms with van der Waals surface area (Å²) in [5, 5.41) is 0.684. The van der Waals surface area contributed by atoms with Crippen LogP contribution in [-0.2, 0) is 0 Å². The minimum absolute atomic E-state index is 0.446. The molecule has 3 aromatic rings. The average Bonchev–Trinajstić information content (AvgIpc) is 2.48. The number of hydrogen-bond acceptors (Lipinski definition) is 2. The highest BCUT2D eigenvalue weighted by Crippen LogP contribution is 2.28. The van der Waals surface area contributed by atoms with Crippen LogP contribution in [0.3, 0.4) is 0 Å². The quantitative estimate of drug-likeness (QED) is 0.665. The van der Waals surface area contributed by atoms with E-state index in [1.807, 2.05) is 60.7 Å². The minimum atomic E-state index is 0.446. The van der Waals surface area contributed by atoms with E-state index in [9.17, 15) is 0 Å². The fourth-order valence-corrected chi connectivity index (χ4v) is 2.48. The van der Waals surface area contributed by atoms with Crippen LogP contribution in [0.4, 0.5) is 0 Å². The van der Waals surface area contributed by atoms with Crippen molar-refractivity contribution in [3.63, 3.8) is 0 Å². The number of benzene rings is 2. The van der Waals surface area contributed by atoms with Gasteiger partial charge in [-0.3, -0.25) is 0 Å². The van der Waals surface area contributed by atoms with Crippen LogP contribution in [0, 0.1) is 4.77 Å². The largest absolute Gasteiger partial charge is 0.330 e. The van der Waals surface area contributed by atoms with Gasteiger partial charge in [0, 0.05) is 16.1 Å². The zero-order chi connectivity index (χ0) is 13.9. The molecule has 2 aromatic carbocycles. The molecular formula is C16H11ClN2S. The molecular weight excluding hydrogens is 288 g/mol. The van der Waals surface area contributed by atoms with Crippen molar-refractivity contribution in [3.05, 3.63) is 70.5 Å². The van der Waals surface area contributed by atoms with E-state index < -0.39 is 0 Å². The van der Waals surface area contributed by atoms with E-state index in [-0.39, 0.29) is 0 Å². The van der Waals surface area contributed by atoms with Crippen molar-refractivity contribution in [1.82, 2.24) is 9.97 Å². The molecule has 20 heavy (non-hydrogen) atoms. The van der Waals surface area contributed by atoms with Crippen molar-refractivity contribution in [2.24, 2.45) is 0 Å². The first-order valence-corrected chi connectivity index (χ1v) is 6.94. The van der Waals surface area contributed by atoms with Gasteiger partial charge in [-0.2, -0.15) is 0 Å². The number of hydrogen-bond donors (Lipinski definition) is 1. The van der Waals surface area contributed by atoms with Gasteiger partial charge in [-0.05, 0) is 24.4 Å². The molecule has 0 fully saturated rings. The Hall–Kier alpha value is -1.97. The fraction of sp³-hybridized carbons (Fsp3) is 0. The molecule has 0 unspecified atom stereocenters. The second-order valence-corrected chi connectivity index (χ2v) is 5.12. The van der Waals surface area contributed by atoms with E-state index in [0.717, 1.165) is 22.5 Å². The second kappa shape index (κ2) is 5.57. The Labute approximate surface area is 127 Å². The van der Waals surface area contributed by atoms with E-state index in [1.165, 1.54) is 0 Å². The molecule has 2 nitrogen and oxygen atoms in total. The number of H-pyrrole nitrogens is 1. The van der Waals surface area contributed by atoms with Crippen LogP contribution in [-0.4, -0.2) is 9.97 Å². The fourth-order valence-electron chi connectivity index (χ4n) is 2.04. The third-order valence-electron chi connectivity index (χ3n) is 2.98. The topological polar surface area (TPSA) is 28.7 Å². The lowest BCUT2D eigenvalue weighted by Crippen LogP contribution is -1.92. The molecule has 0 atom stereocenters. The van der Waals surface area contributed by atoms with Gasteiger partial charge in [-0.1, -0.05) is 60.1 Å². The summed E-state index contributed by atoms with van der Waals surface area (Å²) in [4.78, 5) is 7.47. The van der Waals surface area contributed by atoms with Crippen LogP contribution >= 0.6 is 23.8 Å². The molecule has 0 bridgehead atoms. The lowest BCUT2D eigenvalue weighted by molar-refractivity contribution is 1.14. The maximum Gasteiger partial charge on any atom is 0.197 e. The standard InChI is InChI=1S/C16H11ClN2S/c17-13-9-5-4-8-12(13)15-10-14(18-16(20)19-15)11-6-2-1-3-7-11/h1-10H,(H,18,19,20). The van der Waals surface area contributed by atoms with Gasteiger partial charge >= 0.3 is 0 Å². The van der Waals surface area contributed by atoms with E-state index in [0.29, 0.717) is 9.79 Å². The number of aromatic nitrogens is 2. The number of rotatable bonds is 2. The van der Waals surface area contributed by atoms with Crippen LogP contribution in [0.5, 0.6) is 0 Å². The van der Waals surface area contributed by atoms with Gasteiger partial charge in [0.05, 0.1) is 11.4 Å². The molecule has 4 heteroatoms. The third-order valence-corrected chi connectivity index (χ3v) is 3.50. The van der Waals surface area contributed by atoms with Crippen LogP contribution in [0.15, 0.2) is 60.7 Å². The van der Waals surface area contributed by atoms with Crippen LogP contribution in [0.1, 0.15) is 0 Å². The summed E-state index contributed by atoms with van der Waals surface area (Å²) >= 11 is 11.5. The van der Waals surface area contributed by atoms with Gasteiger partial charge in [0.25, 0.3) is 0 Å².